The summed E-state index contributed by atoms with van der Waals surface area (Å²) in [5, 5.41) is 6.67. The van der Waals surface area contributed by atoms with E-state index in [-0.39, 0.29) is 29.9 Å². The highest BCUT2D eigenvalue weighted by atomic mass is 127. The molecule has 1 saturated heterocycles. The molecule has 0 radical (unpaired) electrons. The predicted octanol–water partition coefficient (Wildman–Crippen LogP) is 2.56. The maximum absolute atomic E-state index is 12.5. The number of hydrogen-bond acceptors (Lipinski definition) is 4. The zero-order valence-corrected chi connectivity index (χ0v) is 21.0. The summed E-state index contributed by atoms with van der Waals surface area (Å²) in [5.41, 5.74) is 1.90. The van der Waals surface area contributed by atoms with Crippen molar-refractivity contribution in [1.82, 2.24) is 20.4 Å². The molecule has 0 bridgehead atoms. The summed E-state index contributed by atoms with van der Waals surface area (Å²) < 4.78 is 5.09. The Morgan fingerprint density at radius 3 is 2.47 bits per heavy atom. The molecule has 8 heteroatoms. The minimum Gasteiger partial charge on any atom is -0.385 e. The summed E-state index contributed by atoms with van der Waals surface area (Å²) in [4.78, 5) is 21.1. The van der Waals surface area contributed by atoms with Crippen molar-refractivity contribution in [1.29, 1.82) is 0 Å². The first-order valence-corrected chi connectivity index (χ1v) is 10.6. The van der Waals surface area contributed by atoms with Crippen LogP contribution in [0.25, 0.3) is 0 Å². The second kappa shape index (κ2) is 15.4. The standard InChI is InChI=1S/C22H37N5O2.HI/c1-23-22(24-12-16-26(2)13-7-17-29-3)25-18-19-8-10-20(11-9-19)21(28)27-14-5-4-6-15-27;/h8-11H,4-7,12-18H2,1-3H3,(H2,23,24,25);1H. The van der Waals surface area contributed by atoms with Crippen LogP contribution in [-0.2, 0) is 11.3 Å². The molecule has 0 saturated carbocycles. The van der Waals surface area contributed by atoms with Crippen molar-refractivity contribution in [3.05, 3.63) is 35.4 Å². The van der Waals surface area contributed by atoms with E-state index in [1.807, 2.05) is 29.2 Å². The lowest BCUT2D eigenvalue weighted by Crippen LogP contribution is -2.40. The lowest BCUT2D eigenvalue weighted by Gasteiger charge is -2.26. The van der Waals surface area contributed by atoms with Gasteiger partial charge in [-0.3, -0.25) is 9.79 Å². The van der Waals surface area contributed by atoms with Crippen LogP contribution in [0.1, 0.15) is 41.6 Å². The summed E-state index contributed by atoms with van der Waals surface area (Å²) in [5.74, 6) is 0.931. The zero-order valence-electron chi connectivity index (χ0n) is 18.7. The van der Waals surface area contributed by atoms with Crippen LogP contribution in [0.3, 0.4) is 0 Å². The van der Waals surface area contributed by atoms with E-state index in [0.29, 0.717) is 6.54 Å². The number of halogens is 1. The van der Waals surface area contributed by atoms with Crippen LogP contribution in [0.15, 0.2) is 29.3 Å². The van der Waals surface area contributed by atoms with Gasteiger partial charge in [-0.05, 0) is 50.4 Å². The molecule has 1 amide bonds. The van der Waals surface area contributed by atoms with Gasteiger partial charge in [-0.2, -0.15) is 0 Å². The number of methoxy groups -OCH3 is 1. The minimum atomic E-state index is 0. The number of hydrogen-bond donors (Lipinski definition) is 2. The fourth-order valence-corrected chi connectivity index (χ4v) is 3.41. The molecule has 30 heavy (non-hydrogen) atoms. The normalized spacial score (nSPS) is 14.4. The van der Waals surface area contributed by atoms with Crippen molar-refractivity contribution < 1.29 is 9.53 Å². The van der Waals surface area contributed by atoms with Gasteiger partial charge in [-0.25, -0.2) is 0 Å². The highest BCUT2D eigenvalue weighted by Crippen LogP contribution is 2.13. The molecule has 1 aliphatic rings. The quantitative estimate of drug-likeness (QED) is 0.210. The number of nitrogens with zero attached hydrogens (tertiary/aromatic N) is 3. The van der Waals surface area contributed by atoms with Crippen LogP contribution in [0.5, 0.6) is 0 Å². The smallest absolute Gasteiger partial charge is 0.253 e. The maximum Gasteiger partial charge on any atom is 0.253 e. The van der Waals surface area contributed by atoms with E-state index in [1.165, 1.54) is 6.42 Å². The summed E-state index contributed by atoms with van der Waals surface area (Å²) in [6.07, 6.45) is 4.50. The lowest BCUT2D eigenvalue weighted by molar-refractivity contribution is 0.0724. The maximum atomic E-state index is 12.5. The number of benzene rings is 1. The first-order valence-electron chi connectivity index (χ1n) is 10.6. The van der Waals surface area contributed by atoms with E-state index in [2.05, 4.69) is 27.6 Å². The lowest BCUT2D eigenvalue weighted by atomic mass is 10.1. The average Bonchev–Trinajstić information content (AvgIpc) is 2.76. The van der Waals surface area contributed by atoms with Gasteiger partial charge in [0.05, 0.1) is 0 Å². The van der Waals surface area contributed by atoms with E-state index in [0.717, 1.165) is 75.7 Å². The Balaban J connectivity index is 0.00000450. The first-order chi connectivity index (χ1) is 14.1. The van der Waals surface area contributed by atoms with Crippen molar-refractivity contribution in [2.24, 2.45) is 4.99 Å². The molecule has 170 valence electrons. The second-order valence-corrected chi connectivity index (χ2v) is 7.55. The Morgan fingerprint density at radius 1 is 1.13 bits per heavy atom. The monoisotopic (exact) mass is 531 g/mol. The Kier molecular flexibility index (Phi) is 13.7. The predicted molar refractivity (Wildman–Crippen MR) is 134 cm³/mol. The molecule has 0 aliphatic carbocycles. The Hall–Kier alpha value is -1.39. The number of amides is 1. The zero-order chi connectivity index (χ0) is 20.9. The summed E-state index contributed by atoms with van der Waals surface area (Å²) in [6, 6.07) is 7.89. The topological polar surface area (TPSA) is 69.2 Å². The molecule has 1 aromatic rings. The second-order valence-electron chi connectivity index (χ2n) is 7.55. The molecular weight excluding hydrogens is 493 g/mol. The number of guanidine groups is 1. The largest absolute Gasteiger partial charge is 0.385 e. The number of likely N-dealkylation sites (tertiary alicyclic amines) is 1. The number of piperidine rings is 1. The Labute approximate surface area is 198 Å². The molecule has 1 heterocycles. The van der Waals surface area contributed by atoms with Gasteiger partial charge < -0.3 is 25.2 Å². The molecule has 1 fully saturated rings. The fraction of sp³-hybridized carbons (Fsp3) is 0.636. The third-order valence-corrected chi connectivity index (χ3v) is 5.20. The van der Waals surface area contributed by atoms with Gasteiger partial charge in [-0.15, -0.1) is 24.0 Å². The van der Waals surface area contributed by atoms with Gasteiger partial charge in [0.25, 0.3) is 5.91 Å². The highest BCUT2D eigenvalue weighted by molar-refractivity contribution is 14.0. The van der Waals surface area contributed by atoms with E-state index in [4.69, 9.17) is 4.74 Å². The third-order valence-electron chi connectivity index (χ3n) is 5.20. The molecule has 0 aromatic heterocycles. The van der Waals surface area contributed by atoms with Gasteiger partial charge in [0.1, 0.15) is 0 Å². The average molecular weight is 531 g/mol. The molecule has 2 rings (SSSR count). The van der Waals surface area contributed by atoms with E-state index in [9.17, 15) is 4.79 Å². The molecular formula is C22H38IN5O2. The Morgan fingerprint density at radius 2 is 1.83 bits per heavy atom. The van der Waals surface area contributed by atoms with Crippen LogP contribution in [0.2, 0.25) is 0 Å². The molecule has 1 aliphatic heterocycles. The minimum absolute atomic E-state index is 0. The number of rotatable bonds is 10. The van der Waals surface area contributed by atoms with E-state index < -0.39 is 0 Å². The molecule has 7 nitrogen and oxygen atoms in total. The van der Waals surface area contributed by atoms with Crippen LogP contribution < -0.4 is 10.6 Å². The summed E-state index contributed by atoms with van der Waals surface area (Å²) >= 11 is 0. The van der Waals surface area contributed by atoms with Crippen LogP contribution in [0, 0.1) is 0 Å². The van der Waals surface area contributed by atoms with Gasteiger partial charge >= 0.3 is 0 Å². The molecule has 0 unspecified atom stereocenters. The number of likely N-dealkylation sites (N-methyl/N-ethyl adjacent to an activating group) is 1. The van der Waals surface area contributed by atoms with Crippen molar-refractivity contribution >= 4 is 35.8 Å². The Bertz CT molecular complexity index is 633. The summed E-state index contributed by atoms with van der Waals surface area (Å²) in [6.45, 7) is 6.01. The van der Waals surface area contributed by atoms with Crippen molar-refractivity contribution in [3.8, 4) is 0 Å². The van der Waals surface area contributed by atoms with Gasteiger partial charge in [0, 0.05) is 65.6 Å². The van der Waals surface area contributed by atoms with E-state index in [1.54, 1.807) is 14.2 Å². The van der Waals surface area contributed by atoms with Crippen molar-refractivity contribution in [2.75, 3.05) is 60.5 Å². The first kappa shape index (κ1) is 26.6. The van der Waals surface area contributed by atoms with Crippen LogP contribution >= 0.6 is 24.0 Å². The van der Waals surface area contributed by atoms with Gasteiger partial charge in [-0.1, -0.05) is 12.1 Å². The van der Waals surface area contributed by atoms with Crippen molar-refractivity contribution in [2.45, 2.75) is 32.2 Å². The number of aliphatic imine (C=N–C) groups is 1. The number of ether oxygens (including phenoxy) is 1. The number of carbonyl (C=O) groups is 1. The van der Waals surface area contributed by atoms with Gasteiger partial charge in [0.2, 0.25) is 0 Å². The molecule has 1 aromatic carbocycles. The third kappa shape index (κ3) is 9.61. The van der Waals surface area contributed by atoms with Crippen LogP contribution in [-0.4, -0.2) is 82.2 Å². The van der Waals surface area contributed by atoms with Crippen molar-refractivity contribution in [3.63, 3.8) is 0 Å². The highest BCUT2D eigenvalue weighted by Gasteiger charge is 2.17. The van der Waals surface area contributed by atoms with Crippen LogP contribution in [0.4, 0.5) is 0 Å². The van der Waals surface area contributed by atoms with E-state index >= 15 is 0 Å². The fourth-order valence-electron chi connectivity index (χ4n) is 3.41. The summed E-state index contributed by atoms with van der Waals surface area (Å²) in [7, 11) is 5.62. The van der Waals surface area contributed by atoms with Gasteiger partial charge in [0.15, 0.2) is 5.96 Å². The molecule has 0 atom stereocenters. The molecule has 0 spiro atoms. The number of carbonyl (C=O) groups excluding carboxylic acids is 1. The molecule has 2 N–H and O–H groups in total. The SMILES string of the molecule is CN=C(NCCN(C)CCCOC)NCc1ccc(C(=O)N2CCCCC2)cc1.I. The number of nitrogens with one attached hydrogen (secondary N) is 2.